The van der Waals surface area contributed by atoms with Crippen molar-refractivity contribution in [1.29, 1.82) is 5.26 Å². The highest BCUT2D eigenvalue weighted by Gasteiger charge is 2.25. The van der Waals surface area contributed by atoms with E-state index >= 15 is 0 Å². The number of sulfonamides is 1. The highest BCUT2D eigenvalue weighted by molar-refractivity contribution is 7.89. The van der Waals surface area contributed by atoms with E-state index in [2.05, 4.69) is 17.2 Å². The Labute approximate surface area is 187 Å². The Bertz CT molecular complexity index is 1220. The largest absolute Gasteiger partial charge is 0.367 e. The lowest BCUT2D eigenvalue weighted by atomic mass is 10.0. The van der Waals surface area contributed by atoms with E-state index in [4.69, 9.17) is 10.4 Å². The fraction of sp³-hybridized carbons (Fsp3) is 0.130. The number of nitriles is 1. The van der Waals surface area contributed by atoms with Crippen LogP contribution in [0.25, 0.3) is 11.1 Å². The van der Waals surface area contributed by atoms with Gasteiger partial charge in [0.25, 0.3) is 0 Å². The van der Waals surface area contributed by atoms with Crippen LogP contribution in [0.5, 0.6) is 0 Å². The summed E-state index contributed by atoms with van der Waals surface area (Å²) < 4.78 is 23.6. The van der Waals surface area contributed by atoms with Gasteiger partial charge in [-0.25, -0.2) is 23.6 Å². The molecule has 0 aliphatic heterocycles. The molecule has 3 aromatic rings. The maximum atomic E-state index is 12.3. The molecule has 3 rings (SSSR count). The molecular formula is C23H24N4O4S. The molecule has 5 N–H and O–H groups in total. The lowest BCUT2D eigenvalue weighted by Gasteiger charge is -2.25. The molecular weight excluding hydrogens is 428 g/mol. The van der Waals surface area contributed by atoms with Crippen LogP contribution in [0.2, 0.25) is 0 Å². The van der Waals surface area contributed by atoms with Crippen LogP contribution in [0.15, 0.2) is 77.7 Å². The molecule has 8 nitrogen and oxygen atoms in total. The van der Waals surface area contributed by atoms with Crippen molar-refractivity contribution in [2.75, 3.05) is 5.32 Å². The molecule has 0 radical (unpaired) electrons. The first kappa shape index (κ1) is 24.6. The van der Waals surface area contributed by atoms with Crippen molar-refractivity contribution >= 4 is 21.7 Å². The van der Waals surface area contributed by atoms with Crippen molar-refractivity contribution in [3.8, 4) is 17.7 Å². The number of aryl methyl sites for hydroxylation is 1. The minimum absolute atomic E-state index is 0.0256. The van der Waals surface area contributed by atoms with Crippen LogP contribution in [0, 0.1) is 18.8 Å². The number of nitrogens with zero attached hydrogens (tertiary/aromatic N) is 1. The highest BCUT2D eigenvalue weighted by Crippen LogP contribution is 2.27. The maximum absolute atomic E-state index is 12.3. The number of urea groups is 1. The van der Waals surface area contributed by atoms with E-state index in [1.165, 1.54) is 13.0 Å². The van der Waals surface area contributed by atoms with Crippen LogP contribution in [-0.4, -0.2) is 19.6 Å². The zero-order valence-corrected chi connectivity index (χ0v) is 18.4. The van der Waals surface area contributed by atoms with Crippen LogP contribution >= 0.6 is 0 Å². The van der Waals surface area contributed by atoms with E-state index in [1.807, 2.05) is 13.0 Å². The average Bonchev–Trinajstić information content (AvgIpc) is 2.75. The van der Waals surface area contributed by atoms with E-state index in [1.54, 1.807) is 60.7 Å². The van der Waals surface area contributed by atoms with Gasteiger partial charge in [0, 0.05) is 23.4 Å². The van der Waals surface area contributed by atoms with Crippen molar-refractivity contribution in [3.05, 3.63) is 83.9 Å². The predicted molar refractivity (Wildman–Crippen MR) is 123 cm³/mol. The third-order valence-electron chi connectivity index (χ3n) is 4.58. The summed E-state index contributed by atoms with van der Waals surface area (Å²) >= 11 is 0. The summed E-state index contributed by atoms with van der Waals surface area (Å²) in [6.45, 7) is 6.89. The minimum Gasteiger partial charge on any atom is -0.367 e. The molecule has 166 valence electrons. The second kappa shape index (κ2) is 10.1. The number of rotatable bonds is 5. The number of anilines is 1. The lowest BCUT2D eigenvalue weighted by Crippen LogP contribution is -2.45. The Hall–Kier alpha value is -3.71. The summed E-state index contributed by atoms with van der Waals surface area (Å²) in [5.41, 5.74) is 1.56. The number of primary sulfonamides is 1. The number of nitrogens with two attached hydrogens (primary N) is 1. The van der Waals surface area contributed by atoms with Crippen LogP contribution in [0.4, 0.5) is 10.5 Å². The molecule has 9 heteroatoms. The number of amides is 2. The molecule has 32 heavy (non-hydrogen) atoms. The van der Waals surface area contributed by atoms with E-state index in [9.17, 15) is 18.3 Å². The molecule has 0 aliphatic rings. The van der Waals surface area contributed by atoms with E-state index in [-0.39, 0.29) is 4.90 Å². The third-order valence-corrected chi connectivity index (χ3v) is 5.55. The number of hydrogen-bond acceptors (Lipinski definition) is 5. The van der Waals surface area contributed by atoms with Gasteiger partial charge in [0.05, 0.1) is 4.90 Å². The maximum Gasteiger partial charge on any atom is 0.321 e. The van der Waals surface area contributed by atoms with E-state index in [0.717, 1.165) is 5.56 Å². The molecule has 0 spiro atoms. The normalized spacial score (nSPS) is 12.6. The smallest absolute Gasteiger partial charge is 0.321 e. The molecule has 1 atom stereocenters. The fourth-order valence-electron chi connectivity index (χ4n) is 3.09. The quantitative estimate of drug-likeness (QED) is 0.438. The van der Waals surface area contributed by atoms with Crippen LogP contribution < -0.4 is 15.8 Å². The molecule has 0 saturated heterocycles. The van der Waals surface area contributed by atoms with Crippen molar-refractivity contribution in [1.82, 2.24) is 5.32 Å². The molecule has 3 aromatic carbocycles. The Morgan fingerprint density at radius 3 is 2.25 bits per heavy atom. The number of hydrogen-bond donors (Lipinski definition) is 4. The molecule has 0 aromatic heterocycles. The van der Waals surface area contributed by atoms with Crippen LogP contribution in [0.1, 0.15) is 18.1 Å². The molecule has 0 bridgehead atoms. The van der Waals surface area contributed by atoms with Crippen molar-refractivity contribution in [2.45, 2.75) is 24.5 Å². The fourth-order valence-corrected chi connectivity index (χ4v) is 3.85. The number of aliphatic hydroxyl groups is 1. The molecule has 1 unspecified atom stereocenters. The first-order valence-electron chi connectivity index (χ1n) is 9.43. The summed E-state index contributed by atoms with van der Waals surface area (Å²) in [4.78, 5) is 12.4. The number of carbonyl (C=O) groups excluding carboxylic acids is 1. The van der Waals surface area contributed by atoms with Gasteiger partial charge in [0.15, 0.2) is 5.72 Å². The molecule has 0 fully saturated rings. The van der Waals surface area contributed by atoms with Gasteiger partial charge in [-0.3, -0.25) is 0 Å². The molecule has 2 amide bonds. The van der Waals surface area contributed by atoms with Gasteiger partial charge in [-0.2, -0.15) is 0 Å². The summed E-state index contributed by atoms with van der Waals surface area (Å²) in [5, 5.41) is 27.6. The first-order chi connectivity index (χ1) is 15.1. The Kier molecular flexibility index (Phi) is 7.72. The summed E-state index contributed by atoms with van der Waals surface area (Å²) in [6, 6.07) is 19.7. The van der Waals surface area contributed by atoms with Crippen molar-refractivity contribution in [2.24, 2.45) is 5.14 Å². The van der Waals surface area contributed by atoms with E-state index < -0.39 is 21.8 Å². The van der Waals surface area contributed by atoms with Gasteiger partial charge in [-0.15, -0.1) is 0 Å². The number of carbonyl (C=O) groups is 1. The summed E-state index contributed by atoms with van der Waals surface area (Å²) in [7, 11) is -3.87. The van der Waals surface area contributed by atoms with Crippen molar-refractivity contribution < 1.29 is 18.3 Å². The standard InChI is InChI=1S/C22H23N3O4S.CHN/c1-15-6-5-7-17(14-15)22(2,27)25-21(26)24-18-12-10-16(11-13-18)19-8-3-4-9-20(19)30(23,28)29;1-2/h3-14,27H,1-2H3,(H2,23,28,29)(H2,24,25,26);1H. The zero-order valence-electron chi connectivity index (χ0n) is 17.6. The highest BCUT2D eigenvalue weighted by atomic mass is 32.2. The second-order valence-corrected chi connectivity index (χ2v) is 8.67. The number of nitrogens with one attached hydrogen (secondary N) is 2. The van der Waals surface area contributed by atoms with Gasteiger partial charge >= 0.3 is 6.03 Å². The molecule has 0 aliphatic carbocycles. The monoisotopic (exact) mass is 452 g/mol. The zero-order chi connectivity index (χ0) is 23.9. The SMILES string of the molecule is C#N.Cc1cccc(C(C)(O)NC(=O)Nc2ccc(-c3ccccc3S(N)(=O)=O)cc2)c1. The number of benzene rings is 3. The topological polar surface area (TPSA) is 145 Å². The second-order valence-electron chi connectivity index (χ2n) is 7.14. The average molecular weight is 453 g/mol. The van der Waals surface area contributed by atoms with Gasteiger partial charge in [0.1, 0.15) is 0 Å². The van der Waals surface area contributed by atoms with Crippen LogP contribution in [-0.2, 0) is 15.7 Å². The Morgan fingerprint density at radius 1 is 1.03 bits per heavy atom. The van der Waals surface area contributed by atoms with Crippen LogP contribution in [0.3, 0.4) is 0 Å². The first-order valence-corrected chi connectivity index (χ1v) is 11.0. The lowest BCUT2D eigenvalue weighted by molar-refractivity contribution is 0.0337. The minimum atomic E-state index is -3.87. The predicted octanol–water partition coefficient (Wildman–Crippen LogP) is 3.44. The van der Waals surface area contributed by atoms with Crippen molar-refractivity contribution in [3.63, 3.8) is 0 Å². The Balaban J connectivity index is 0.00000176. The summed E-state index contributed by atoms with van der Waals surface area (Å²) in [6.07, 6.45) is 0. The third kappa shape index (κ3) is 6.15. The summed E-state index contributed by atoms with van der Waals surface area (Å²) in [5.74, 6) is 0. The Morgan fingerprint density at radius 2 is 1.66 bits per heavy atom. The molecule has 0 saturated carbocycles. The van der Waals surface area contributed by atoms with Gasteiger partial charge in [0.2, 0.25) is 10.0 Å². The van der Waals surface area contributed by atoms with Gasteiger partial charge < -0.3 is 15.7 Å². The van der Waals surface area contributed by atoms with Gasteiger partial charge in [-0.05, 0) is 37.6 Å². The van der Waals surface area contributed by atoms with E-state index in [0.29, 0.717) is 22.4 Å². The van der Waals surface area contributed by atoms with Gasteiger partial charge in [-0.1, -0.05) is 60.2 Å². The molecule has 0 heterocycles.